The highest BCUT2D eigenvalue weighted by Crippen LogP contribution is 2.24. The van der Waals surface area contributed by atoms with Gasteiger partial charge in [-0.1, -0.05) is 40.6 Å². The van der Waals surface area contributed by atoms with E-state index in [9.17, 15) is 4.79 Å². The Morgan fingerprint density at radius 3 is 2.72 bits per heavy atom. The number of fused-ring (bicyclic) bond motifs is 1. The Morgan fingerprint density at radius 1 is 1.33 bits per heavy atom. The zero-order valence-corrected chi connectivity index (χ0v) is 11.5. The van der Waals surface area contributed by atoms with Crippen LogP contribution in [-0.4, -0.2) is 11.1 Å². The van der Waals surface area contributed by atoms with Crippen molar-refractivity contribution in [1.29, 1.82) is 0 Å². The fourth-order valence-electron chi connectivity index (χ4n) is 1.85. The average Bonchev–Trinajstić information content (AvgIpc) is 2.89. The molecule has 0 saturated heterocycles. The molecule has 0 N–H and O–H groups in total. The predicted molar refractivity (Wildman–Crippen MR) is 74.3 cm³/mol. The van der Waals surface area contributed by atoms with Crippen LogP contribution in [0.4, 0.5) is 0 Å². The number of nitrogens with zero attached hydrogens (tertiary/aromatic N) is 2. The second-order valence-corrected chi connectivity index (χ2v) is 5.69. The van der Waals surface area contributed by atoms with Crippen LogP contribution in [0.5, 0.6) is 0 Å². The van der Waals surface area contributed by atoms with Crippen molar-refractivity contribution < 1.29 is 0 Å². The Kier molecular flexibility index (Phi) is 3.01. The lowest BCUT2D eigenvalue weighted by Crippen LogP contribution is -2.29. The third kappa shape index (κ3) is 1.90. The Balaban J connectivity index is 2.28. The maximum absolute atomic E-state index is 12.1. The van der Waals surface area contributed by atoms with Gasteiger partial charge in [-0.3, -0.25) is 14.4 Å². The zero-order valence-electron chi connectivity index (χ0n) is 9.19. The maximum atomic E-state index is 12.1. The zero-order chi connectivity index (χ0) is 12.7. The lowest BCUT2D eigenvalue weighted by Gasteiger charge is -1.99. The lowest BCUT2D eigenvalue weighted by atomic mass is 10.2. The molecule has 18 heavy (non-hydrogen) atoms. The number of hydrogen-bond acceptors (Lipinski definition) is 3. The van der Waals surface area contributed by atoms with Gasteiger partial charge < -0.3 is 0 Å². The largest absolute Gasteiger partial charge is 0.282 e. The molecule has 1 aromatic heterocycles. The van der Waals surface area contributed by atoms with E-state index in [0.29, 0.717) is 33.2 Å². The first-order chi connectivity index (χ1) is 8.66. The first kappa shape index (κ1) is 12.0. The van der Waals surface area contributed by atoms with Gasteiger partial charge in [0.05, 0.1) is 11.1 Å². The molecule has 0 unspecified atom stereocenters. The Hall–Kier alpha value is -1.10. The monoisotopic (exact) mass is 298 g/mol. The van der Waals surface area contributed by atoms with Gasteiger partial charge in [0.25, 0.3) is 5.56 Å². The molecule has 3 nitrogen and oxygen atoms in total. The first-order valence-electron chi connectivity index (χ1n) is 5.36. The van der Waals surface area contributed by atoms with Gasteiger partial charge >= 0.3 is 0 Å². The number of halogens is 2. The molecular formula is C12H8Cl2N2OS. The van der Waals surface area contributed by atoms with Crippen LogP contribution in [0.15, 0.2) is 28.0 Å². The molecule has 92 valence electrons. The van der Waals surface area contributed by atoms with Crippen LogP contribution in [0, 0.1) is 0 Å². The van der Waals surface area contributed by atoms with Crippen LogP contribution in [-0.2, 0) is 6.54 Å². The second-order valence-electron chi connectivity index (χ2n) is 3.87. The summed E-state index contributed by atoms with van der Waals surface area (Å²) in [6.45, 7) is 1.35. The molecule has 3 rings (SSSR count). The Labute approximate surface area is 117 Å². The Bertz CT molecular complexity index is 771. The number of rotatable bonds is 1. The third-order valence-corrected chi connectivity index (χ3v) is 4.44. The molecule has 0 saturated carbocycles. The summed E-state index contributed by atoms with van der Waals surface area (Å²) in [5.41, 5.74) is 0.658. The quantitative estimate of drug-likeness (QED) is 0.789. The predicted octanol–water partition coefficient (Wildman–Crippen LogP) is 1.68. The van der Waals surface area contributed by atoms with E-state index >= 15 is 0 Å². The number of thiazole rings is 1. The Morgan fingerprint density at radius 2 is 2.06 bits per heavy atom. The molecule has 0 amide bonds. The maximum Gasteiger partial charge on any atom is 0.270 e. The third-order valence-electron chi connectivity index (χ3n) is 2.73. The molecule has 1 aliphatic heterocycles. The summed E-state index contributed by atoms with van der Waals surface area (Å²) >= 11 is 13.5. The van der Waals surface area contributed by atoms with Crippen LogP contribution < -0.4 is 14.9 Å². The molecule has 0 radical (unpaired) electrons. The highest BCUT2D eigenvalue weighted by atomic mass is 35.5. The van der Waals surface area contributed by atoms with Gasteiger partial charge in [-0.2, -0.15) is 0 Å². The van der Waals surface area contributed by atoms with Crippen LogP contribution in [0.25, 0.3) is 6.08 Å². The normalized spacial score (nSPS) is 14.7. The van der Waals surface area contributed by atoms with Gasteiger partial charge in [-0.15, -0.1) is 0 Å². The lowest BCUT2D eigenvalue weighted by molar-refractivity contribution is 0.740. The van der Waals surface area contributed by atoms with Crippen molar-refractivity contribution in [1.82, 2.24) is 4.57 Å². The van der Waals surface area contributed by atoms with Gasteiger partial charge in [0.2, 0.25) is 0 Å². The smallest absolute Gasteiger partial charge is 0.270 e. The van der Waals surface area contributed by atoms with E-state index < -0.39 is 0 Å². The molecule has 0 atom stereocenters. The van der Waals surface area contributed by atoms with E-state index in [2.05, 4.69) is 4.99 Å². The minimum absolute atomic E-state index is 0.0211. The molecule has 6 heteroatoms. The van der Waals surface area contributed by atoms with Crippen molar-refractivity contribution in [2.75, 3.05) is 6.54 Å². The first-order valence-corrected chi connectivity index (χ1v) is 6.94. The molecule has 1 aromatic carbocycles. The number of hydrogen-bond donors (Lipinski definition) is 0. The summed E-state index contributed by atoms with van der Waals surface area (Å²) in [5, 5.41) is 1.08. The van der Waals surface area contributed by atoms with E-state index in [4.69, 9.17) is 23.2 Å². The molecular weight excluding hydrogens is 291 g/mol. The summed E-state index contributed by atoms with van der Waals surface area (Å²) < 4.78 is 2.30. The van der Waals surface area contributed by atoms with Crippen molar-refractivity contribution in [3.63, 3.8) is 0 Å². The summed E-state index contributed by atoms with van der Waals surface area (Å²) in [7, 11) is 0. The topological polar surface area (TPSA) is 34.4 Å². The second kappa shape index (κ2) is 4.53. The van der Waals surface area contributed by atoms with Gasteiger partial charge in [0.1, 0.15) is 0 Å². The van der Waals surface area contributed by atoms with E-state index in [1.54, 1.807) is 28.8 Å². The van der Waals surface area contributed by atoms with E-state index in [0.717, 1.165) is 4.80 Å². The molecule has 2 aromatic rings. The summed E-state index contributed by atoms with van der Waals surface area (Å²) in [6, 6.07) is 5.28. The SMILES string of the molecule is O=c1/c(=C\c2c(Cl)cccc2Cl)sc2n1CCN=2. The number of aromatic nitrogens is 1. The molecule has 0 aliphatic carbocycles. The standard InChI is InChI=1S/C12H8Cl2N2OS/c13-8-2-1-3-9(14)7(8)6-10-11(17)16-5-4-15-12(16)18-10/h1-3,6H,4-5H2/b10-6+. The fourth-order valence-corrected chi connectivity index (χ4v) is 3.37. The van der Waals surface area contributed by atoms with E-state index in [1.807, 2.05) is 0 Å². The van der Waals surface area contributed by atoms with E-state index in [1.165, 1.54) is 11.3 Å². The van der Waals surface area contributed by atoms with Gasteiger partial charge in [-0.25, -0.2) is 0 Å². The summed E-state index contributed by atoms with van der Waals surface area (Å²) in [6.07, 6.45) is 1.73. The number of benzene rings is 1. The van der Waals surface area contributed by atoms with Crippen LogP contribution in [0.3, 0.4) is 0 Å². The van der Waals surface area contributed by atoms with Crippen molar-refractivity contribution in [3.05, 3.63) is 53.5 Å². The highest BCUT2D eigenvalue weighted by molar-refractivity contribution is 7.07. The minimum Gasteiger partial charge on any atom is -0.282 e. The van der Waals surface area contributed by atoms with E-state index in [-0.39, 0.29) is 5.56 Å². The summed E-state index contributed by atoms with van der Waals surface area (Å²) in [5.74, 6) is 0. The van der Waals surface area contributed by atoms with Crippen LogP contribution in [0.2, 0.25) is 10.0 Å². The molecule has 0 fully saturated rings. The van der Waals surface area contributed by atoms with Crippen molar-refractivity contribution in [2.24, 2.45) is 4.99 Å². The average molecular weight is 299 g/mol. The van der Waals surface area contributed by atoms with Crippen molar-refractivity contribution in [3.8, 4) is 0 Å². The molecule has 0 spiro atoms. The molecule has 1 aliphatic rings. The van der Waals surface area contributed by atoms with Crippen LogP contribution in [0.1, 0.15) is 5.56 Å². The van der Waals surface area contributed by atoms with Crippen molar-refractivity contribution >= 4 is 40.6 Å². The highest BCUT2D eigenvalue weighted by Gasteiger charge is 2.10. The van der Waals surface area contributed by atoms with Crippen LogP contribution >= 0.6 is 34.5 Å². The fraction of sp³-hybridized carbons (Fsp3) is 0.167. The van der Waals surface area contributed by atoms with Gasteiger partial charge in [0, 0.05) is 22.2 Å². The minimum atomic E-state index is -0.0211. The van der Waals surface area contributed by atoms with Crippen molar-refractivity contribution in [2.45, 2.75) is 6.54 Å². The molecule has 0 bridgehead atoms. The van der Waals surface area contributed by atoms with Gasteiger partial charge in [0.15, 0.2) is 4.80 Å². The molecule has 2 heterocycles. The van der Waals surface area contributed by atoms with Gasteiger partial charge in [-0.05, 0) is 18.2 Å². The summed E-state index contributed by atoms with van der Waals surface area (Å²) in [4.78, 5) is 17.1.